The van der Waals surface area contributed by atoms with Crippen molar-refractivity contribution in [3.05, 3.63) is 75.8 Å². The molecule has 0 spiro atoms. The lowest BCUT2D eigenvalue weighted by Gasteiger charge is -2.30. The molecular formula is C23H19Br2N3O6. The molecule has 4 rings (SSSR count). The van der Waals surface area contributed by atoms with Gasteiger partial charge in [0.25, 0.3) is 23.4 Å². The Labute approximate surface area is 211 Å². The lowest BCUT2D eigenvalue weighted by Crippen LogP contribution is -2.52. The Morgan fingerprint density at radius 3 is 1.94 bits per heavy atom. The molecule has 2 aromatic carbocycles. The van der Waals surface area contributed by atoms with Gasteiger partial charge in [-0.05, 0) is 25.0 Å². The van der Waals surface area contributed by atoms with Crippen molar-refractivity contribution in [2.24, 2.45) is 11.8 Å². The van der Waals surface area contributed by atoms with E-state index in [9.17, 15) is 29.3 Å². The van der Waals surface area contributed by atoms with E-state index in [2.05, 4.69) is 31.9 Å². The van der Waals surface area contributed by atoms with Crippen LogP contribution in [-0.4, -0.2) is 54.6 Å². The van der Waals surface area contributed by atoms with Crippen LogP contribution in [0.25, 0.3) is 0 Å². The van der Waals surface area contributed by atoms with Gasteiger partial charge < -0.3 is 0 Å². The molecule has 9 nitrogen and oxygen atoms in total. The number of amides is 3. The number of carbonyl (C=O) groups excluding carboxylic acids is 4. The van der Waals surface area contributed by atoms with Gasteiger partial charge in [-0.1, -0.05) is 62.2 Å². The summed E-state index contributed by atoms with van der Waals surface area (Å²) in [6, 6.07) is 13.0. The van der Waals surface area contributed by atoms with Crippen LogP contribution in [0.15, 0.2) is 54.6 Å². The van der Waals surface area contributed by atoms with Gasteiger partial charge in [0.05, 0.1) is 16.8 Å². The fourth-order valence-electron chi connectivity index (χ4n) is 4.28. The van der Waals surface area contributed by atoms with Gasteiger partial charge in [0.15, 0.2) is 5.78 Å². The summed E-state index contributed by atoms with van der Waals surface area (Å²) in [5.74, 6) is -3.51. The third-order valence-corrected chi connectivity index (χ3v) is 8.81. The molecule has 1 saturated carbocycles. The number of fused-ring (bicyclic) bond motifs is 1. The molecule has 4 atom stereocenters. The molecule has 0 unspecified atom stereocenters. The van der Waals surface area contributed by atoms with Gasteiger partial charge in [-0.2, -0.15) is 5.01 Å². The van der Waals surface area contributed by atoms with Crippen LogP contribution in [0.5, 0.6) is 0 Å². The van der Waals surface area contributed by atoms with Crippen LogP contribution in [0.4, 0.5) is 5.69 Å². The molecular weight excluding hydrogens is 574 g/mol. The number of nitrogens with zero attached hydrogens (tertiary/aromatic N) is 3. The second kappa shape index (κ2) is 9.75. The number of carbonyl (C=O) groups is 4. The monoisotopic (exact) mass is 591 g/mol. The third kappa shape index (κ3) is 4.54. The maximum Gasteiger partial charge on any atom is 0.273 e. The van der Waals surface area contributed by atoms with Gasteiger partial charge in [0.2, 0.25) is 0 Å². The number of hydrazine groups is 1. The molecule has 2 aliphatic rings. The van der Waals surface area contributed by atoms with Gasteiger partial charge in [-0.3, -0.25) is 29.3 Å². The summed E-state index contributed by atoms with van der Waals surface area (Å²) in [4.78, 5) is 63.4. The Bertz CT molecular complexity index is 1130. The number of hydrogen-bond donors (Lipinski definition) is 0. The van der Waals surface area contributed by atoms with E-state index in [4.69, 9.17) is 0 Å². The summed E-state index contributed by atoms with van der Waals surface area (Å²) in [6.07, 6.45) is 0.821. The molecule has 2 fully saturated rings. The quantitative estimate of drug-likeness (QED) is 0.166. The Balaban J connectivity index is 1.69. The van der Waals surface area contributed by atoms with Crippen LogP contribution in [0.3, 0.4) is 0 Å². The Morgan fingerprint density at radius 2 is 1.44 bits per heavy atom. The van der Waals surface area contributed by atoms with Crippen molar-refractivity contribution in [3.63, 3.8) is 0 Å². The summed E-state index contributed by atoms with van der Waals surface area (Å²) in [5, 5.41) is 12.6. The third-order valence-electron chi connectivity index (χ3n) is 6.08. The molecule has 0 bridgehead atoms. The Morgan fingerprint density at radius 1 is 0.912 bits per heavy atom. The highest BCUT2D eigenvalue weighted by molar-refractivity contribution is 9.12. The molecule has 1 heterocycles. The zero-order valence-corrected chi connectivity index (χ0v) is 20.8. The van der Waals surface area contributed by atoms with Crippen LogP contribution in [0.1, 0.15) is 33.6 Å². The normalized spacial score (nSPS) is 24.0. The maximum atomic E-state index is 13.4. The molecule has 34 heavy (non-hydrogen) atoms. The Kier molecular flexibility index (Phi) is 6.94. The molecule has 1 aliphatic heterocycles. The van der Waals surface area contributed by atoms with Gasteiger partial charge in [-0.25, -0.2) is 5.01 Å². The number of imide groups is 1. The van der Waals surface area contributed by atoms with E-state index in [0.29, 0.717) is 18.4 Å². The van der Waals surface area contributed by atoms with Crippen molar-refractivity contribution in [2.75, 3.05) is 6.54 Å². The number of Topliss-reactive ketones (excluding diaryl/α,β-unsaturated/α-hetero) is 1. The lowest BCUT2D eigenvalue weighted by molar-refractivity contribution is -0.384. The minimum Gasteiger partial charge on any atom is -0.292 e. The average Bonchev–Trinajstić information content (AvgIpc) is 3.07. The standard InChI is InChI=1S/C23H19Br2N3O6/c24-18-10-16-17(11-19(18)25)23(32)27(22(16)31)26(12-20(29)13-4-2-1-3-5-13)21(30)14-6-8-15(9-7-14)28(33)34/h1-9,16-19H,10-12H2/t16-,17-,18+,19+/m1/s1. The van der Waals surface area contributed by atoms with Crippen LogP contribution in [0.2, 0.25) is 0 Å². The summed E-state index contributed by atoms with van der Waals surface area (Å²) < 4.78 is 0. The van der Waals surface area contributed by atoms with Crippen molar-refractivity contribution in [1.29, 1.82) is 0 Å². The predicted molar refractivity (Wildman–Crippen MR) is 128 cm³/mol. The fourth-order valence-corrected chi connectivity index (χ4v) is 5.51. The van der Waals surface area contributed by atoms with Crippen molar-refractivity contribution in [3.8, 4) is 0 Å². The topological polar surface area (TPSA) is 118 Å². The second-order valence-electron chi connectivity index (χ2n) is 8.16. The number of nitro benzene ring substituents is 1. The van der Waals surface area contributed by atoms with E-state index >= 15 is 0 Å². The number of ketones is 1. The zero-order valence-electron chi connectivity index (χ0n) is 17.7. The molecule has 2 aromatic rings. The zero-order chi connectivity index (χ0) is 24.6. The largest absolute Gasteiger partial charge is 0.292 e. The SMILES string of the molecule is O=C(CN(C(=O)c1ccc([N+](=O)[O-])cc1)N1C(=O)[C@@H]2C[C@H](Br)[C@@H](Br)C[C@H]2C1=O)c1ccccc1. The van der Waals surface area contributed by atoms with E-state index in [-0.39, 0.29) is 20.9 Å². The number of hydrogen-bond acceptors (Lipinski definition) is 6. The van der Waals surface area contributed by atoms with Crippen LogP contribution in [0, 0.1) is 22.0 Å². The van der Waals surface area contributed by atoms with E-state index in [1.54, 1.807) is 30.3 Å². The fraction of sp³-hybridized carbons (Fsp3) is 0.304. The summed E-state index contributed by atoms with van der Waals surface area (Å²) in [7, 11) is 0. The average molecular weight is 593 g/mol. The first-order valence-corrected chi connectivity index (χ1v) is 12.3. The van der Waals surface area contributed by atoms with Gasteiger partial charge in [0.1, 0.15) is 6.54 Å². The molecule has 0 radical (unpaired) electrons. The number of halogens is 2. The molecule has 11 heteroatoms. The van der Waals surface area contributed by atoms with Crippen LogP contribution in [-0.2, 0) is 9.59 Å². The molecule has 1 saturated heterocycles. The van der Waals surface area contributed by atoms with Crippen molar-refractivity contribution < 1.29 is 24.1 Å². The first kappa shape index (κ1) is 24.2. The number of non-ortho nitro benzene ring substituents is 1. The number of nitro groups is 1. The van der Waals surface area contributed by atoms with E-state index in [1.807, 2.05) is 0 Å². The number of alkyl halides is 2. The highest BCUT2D eigenvalue weighted by atomic mass is 79.9. The van der Waals surface area contributed by atoms with Gasteiger partial charge in [-0.15, -0.1) is 0 Å². The smallest absolute Gasteiger partial charge is 0.273 e. The number of rotatable bonds is 6. The van der Waals surface area contributed by atoms with Gasteiger partial charge in [0, 0.05) is 32.9 Å². The predicted octanol–water partition coefficient (Wildman–Crippen LogP) is 3.76. The minimum atomic E-state index is -0.773. The summed E-state index contributed by atoms with van der Waals surface area (Å²) >= 11 is 7.06. The Hall–Kier alpha value is -2.92. The summed E-state index contributed by atoms with van der Waals surface area (Å²) in [6.45, 7) is -0.535. The molecule has 0 N–H and O–H groups in total. The van der Waals surface area contributed by atoms with E-state index in [1.165, 1.54) is 12.1 Å². The minimum absolute atomic E-state index is 0.0127. The molecule has 0 aromatic heterocycles. The van der Waals surface area contributed by atoms with Crippen LogP contribution >= 0.6 is 31.9 Å². The van der Waals surface area contributed by atoms with Crippen LogP contribution < -0.4 is 0 Å². The van der Waals surface area contributed by atoms with E-state index in [0.717, 1.165) is 22.2 Å². The van der Waals surface area contributed by atoms with Gasteiger partial charge >= 0.3 is 0 Å². The highest BCUT2D eigenvalue weighted by Gasteiger charge is 2.54. The summed E-state index contributed by atoms with van der Waals surface area (Å²) in [5.41, 5.74) is 0.120. The molecule has 1 aliphatic carbocycles. The van der Waals surface area contributed by atoms with Crippen molar-refractivity contribution >= 4 is 61.1 Å². The van der Waals surface area contributed by atoms with Crippen molar-refractivity contribution in [1.82, 2.24) is 10.0 Å². The van der Waals surface area contributed by atoms with E-state index < -0.39 is 46.8 Å². The maximum absolute atomic E-state index is 13.4. The second-order valence-corrected chi connectivity index (χ2v) is 10.5. The highest BCUT2D eigenvalue weighted by Crippen LogP contribution is 2.43. The first-order chi connectivity index (χ1) is 16.2. The number of benzene rings is 2. The van der Waals surface area contributed by atoms with Crippen molar-refractivity contribution in [2.45, 2.75) is 22.5 Å². The lowest BCUT2D eigenvalue weighted by atomic mass is 9.81. The molecule has 176 valence electrons. The first-order valence-electron chi connectivity index (χ1n) is 10.5. The molecule has 3 amide bonds.